The van der Waals surface area contributed by atoms with E-state index in [1.165, 1.54) is 24.1 Å². The summed E-state index contributed by atoms with van der Waals surface area (Å²) in [5.41, 5.74) is 3.65. The molecule has 178 valence electrons. The van der Waals surface area contributed by atoms with Gasteiger partial charge in [-0.3, -0.25) is 14.6 Å². The predicted molar refractivity (Wildman–Crippen MR) is 142 cm³/mol. The van der Waals surface area contributed by atoms with Crippen LogP contribution in [-0.2, 0) is 13.1 Å². The van der Waals surface area contributed by atoms with Crippen molar-refractivity contribution in [3.8, 4) is 5.75 Å². The van der Waals surface area contributed by atoms with Crippen LogP contribution < -0.4 is 15.4 Å². The van der Waals surface area contributed by atoms with Crippen molar-refractivity contribution in [3.63, 3.8) is 0 Å². The van der Waals surface area contributed by atoms with Crippen LogP contribution in [0.1, 0.15) is 36.2 Å². The summed E-state index contributed by atoms with van der Waals surface area (Å²) in [7, 11) is 3.55. The van der Waals surface area contributed by atoms with Crippen LogP contribution in [0.5, 0.6) is 5.75 Å². The number of aliphatic imine (C=N–C) groups is 1. The van der Waals surface area contributed by atoms with Gasteiger partial charge in [-0.25, -0.2) is 0 Å². The summed E-state index contributed by atoms with van der Waals surface area (Å²) in [6.07, 6.45) is 3.46. The number of likely N-dealkylation sites (tertiary alicyclic amines) is 1. The van der Waals surface area contributed by atoms with Crippen molar-refractivity contribution in [1.82, 2.24) is 25.3 Å². The van der Waals surface area contributed by atoms with Crippen molar-refractivity contribution in [1.29, 1.82) is 0 Å². The molecule has 0 amide bonds. The Hall–Kier alpha value is -1.81. The Morgan fingerprint density at radius 3 is 2.47 bits per heavy atom. The molecule has 2 aromatic rings. The van der Waals surface area contributed by atoms with Gasteiger partial charge in [0.15, 0.2) is 5.96 Å². The first-order chi connectivity index (χ1) is 15.1. The molecule has 0 saturated carbocycles. The third kappa shape index (κ3) is 8.27. The number of aryl methyl sites for hydroxylation is 3. The van der Waals surface area contributed by atoms with Gasteiger partial charge < -0.3 is 15.4 Å². The van der Waals surface area contributed by atoms with Gasteiger partial charge >= 0.3 is 0 Å². The number of benzene rings is 1. The van der Waals surface area contributed by atoms with Crippen LogP contribution in [0.4, 0.5) is 0 Å². The second-order valence-electron chi connectivity index (χ2n) is 8.45. The molecule has 8 heteroatoms. The summed E-state index contributed by atoms with van der Waals surface area (Å²) in [5.74, 6) is 2.51. The first-order valence-corrected chi connectivity index (χ1v) is 11.4. The minimum Gasteiger partial charge on any atom is -0.497 e. The molecule has 2 heterocycles. The lowest BCUT2D eigenvalue weighted by Gasteiger charge is -2.32. The minimum absolute atomic E-state index is 0. The van der Waals surface area contributed by atoms with Gasteiger partial charge in [-0.15, -0.1) is 24.0 Å². The number of aromatic nitrogens is 2. The monoisotopic (exact) mass is 554 g/mol. The van der Waals surface area contributed by atoms with Crippen LogP contribution in [0.15, 0.2) is 35.3 Å². The number of rotatable bonds is 9. The third-order valence-electron chi connectivity index (χ3n) is 6.00. The Morgan fingerprint density at radius 2 is 1.88 bits per heavy atom. The van der Waals surface area contributed by atoms with Crippen molar-refractivity contribution < 1.29 is 4.74 Å². The maximum atomic E-state index is 5.25. The molecule has 0 bridgehead atoms. The lowest BCUT2D eigenvalue weighted by Crippen LogP contribution is -2.43. The zero-order chi connectivity index (χ0) is 22.1. The van der Waals surface area contributed by atoms with Crippen molar-refractivity contribution >= 4 is 29.9 Å². The number of piperidine rings is 1. The maximum Gasteiger partial charge on any atom is 0.190 e. The van der Waals surface area contributed by atoms with Crippen LogP contribution in [0.3, 0.4) is 0 Å². The van der Waals surface area contributed by atoms with E-state index in [0.717, 1.165) is 63.1 Å². The zero-order valence-corrected chi connectivity index (χ0v) is 22.3. The van der Waals surface area contributed by atoms with E-state index in [2.05, 4.69) is 55.4 Å². The van der Waals surface area contributed by atoms with Crippen molar-refractivity contribution in [2.45, 2.75) is 46.2 Å². The maximum absolute atomic E-state index is 5.25. The number of nitrogens with one attached hydrogen (secondary N) is 2. The molecule has 0 radical (unpaired) electrons. The smallest absolute Gasteiger partial charge is 0.190 e. The van der Waals surface area contributed by atoms with Crippen LogP contribution in [0.2, 0.25) is 0 Å². The molecule has 1 fully saturated rings. The van der Waals surface area contributed by atoms with Crippen molar-refractivity contribution in [2.75, 3.05) is 40.3 Å². The van der Waals surface area contributed by atoms with E-state index in [9.17, 15) is 0 Å². The second-order valence-corrected chi connectivity index (χ2v) is 8.45. The summed E-state index contributed by atoms with van der Waals surface area (Å²) in [6, 6.07) is 10.5. The highest BCUT2D eigenvalue weighted by Crippen LogP contribution is 2.19. The Morgan fingerprint density at radius 1 is 1.16 bits per heavy atom. The summed E-state index contributed by atoms with van der Waals surface area (Å²) >= 11 is 0. The Bertz CT molecular complexity index is 828. The summed E-state index contributed by atoms with van der Waals surface area (Å²) < 4.78 is 7.32. The van der Waals surface area contributed by atoms with Crippen molar-refractivity contribution in [2.24, 2.45) is 10.9 Å². The number of ether oxygens (including phenoxy) is 1. The van der Waals surface area contributed by atoms with Crippen LogP contribution >= 0.6 is 24.0 Å². The highest BCUT2D eigenvalue weighted by Gasteiger charge is 2.19. The fourth-order valence-electron chi connectivity index (χ4n) is 4.14. The number of halogens is 1. The van der Waals surface area contributed by atoms with Gasteiger partial charge in [-0.05, 0) is 75.9 Å². The van der Waals surface area contributed by atoms with Crippen LogP contribution in [0.25, 0.3) is 0 Å². The number of methoxy groups -OCH3 is 1. The molecular weight excluding hydrogens is 515 g/mol. The molecule has 1 aromatic heterocycles. The van der Waals surface area contributed by atoms with E-state index in [4.69, 9.17) is 4.74 Å². The SMILES string of the molecule is CN=C(NCCCn1nc(C)cc1C)NCC1CCN(Cc2ccc(OC)cc2)CC1.I. The molecule has 0 unspecified atom stereocenters. The molecule has 32 heavy (non-hydrogen) atoms. The molecule has 1 saturated heterocycles. The highest BCUT2D eigenvalue weighted by atomic mass is 127. The average Bonchev–Trinajstić information content (AvgIpc) is 3.11. The van der Waals surface area contributed by atoms with Gasteiger partial charge in [0.25, 0.3) is 0 Å². The van der Waals surface area contributed by atoms with E-state index < -0.39 is 0 Å². The fraction of sp³-hybridized carbons (Fsp3) is 0.583. The normalized spacial score (nSPS) is 15.3. The standard InChI is InChI=1S/C24H38N6O.HI/c1-19-16-20(2)30(28-19)13-5-12-26-24(25-3)27-17-21-10-14-29(15-11-21)18-22-6-8-23(31-4)9-7-22;/h6-9,16,21H,5,10-15,17-18H2,1-4H3,(H2,25,26,27);1H. The summed E-state index contributed by atoms with van der Waals surface area (Å²) in [6.45, 7) is 10.2. The molecular formula is C24H39IN6O. The third-order valence-corrected chi connectivity index (χ3v) is 6.00. The summed E-state index contributed by atoms with van der Waals surface area (Å²) in [5, 5.41) is 11.5. The van der Waals surface area contributed by atoms with E-state index >= 15 is 0 Å². The quantitative estimate of drug-likeness (QED) is 0.215. The lowest BCUT2D eigenvalue weighted by molar-refractivity contribution is 0.178. The molecule has 0 aliphatic carbocycles. The van der Waals surface area contributed by atoms with Crippen LogP contribution in [0, 0.1) is 19.8 Å². The van der Waals surface area contributed by atoms with Gasteiger partial charge in [0, 0.05) is 38.9 Å². The van der Waals surface area contributed by atoms with Gasteiger partial charge in [0.1, 0.15) is 5.75 Å². The molecule has 2 N–H and O–H groups in total. The number of guanidine groups is 1. The Kier molecular flexibility index (Phi) is 11.3. The topological polar surface area (TPSA) is 66.7 Å². The first-order valence-electron chi connectivity index (χ1n) is 11.4. The van der Waals surface area contributed by atoms with Gasteiger partial charge in [-0.2, -0.15) is 5.10 Å². The van der Waals surface area contributed by atoms with Gasteiger partial charge in [0.05, 0.1) is 12.8 Å². The largest absolute Gasteiger partial charge is 0.497 e. The van der Waals surface area contributed by atoms with Gasteiger partial charge in [0.2, 0.25) is 0 Å². The fourth-order valence-corrected chi connectivity index (χ4v) is 4.14. The minimum atomic E-state index is 0. The van der Waals surface area contributed by atoms with E-state index in [1.54, 1.807) is 7.11 Å². The van der Waals surface area contributed by atoms with E-state index in [1.807, 2.05) is 26.1 Å². The highest BCUT2D eigenvalue weighted by molar-refractivity contribution is 14.0. The van der Waals surface area contributed by atoms with Crippen molar-refractivity contribution in [3.05, 3.63) is 47.3 Å². The average molecular weight is 555 g/mol. The Labute approximate surface area is 210 Å². The van der Waals surface area contributed by atoms with Gasteiger partial charge in [-0.1, -0.05) is 12.1 Å². The Balaban J connectivity index is 0.00000363. The number of hydrogen-bond donors (Lipinski definition) is 2. The molecule has 0 spiro atoms. The molecule has 3 rings (SSSR count). The second kappa shape index (κ2) is 13.7. The predicted octanol–water partition coefficient (Wildman–Crippen LogP) is 3.59. The van der Waals surface area contributed by atoms with E-state index in [-0.39, 0.29) is 24.0 Å². The molecule has 1 aliphatic heterocycles. The molecule has 1 aromatic carbocycles. The number of hydrogen-bond acceptors (Lipinski definition) is 4. The summed E-state index contributed by atoms with van der Waals surface area (Å²) in [4.78, 5) is 6.92. The first kappa shape index (κ1) is 26.4. The molecule has 7 nitrogen and oxygen atoms in total. The van der Waals surface area contributed by atoms with E-state index in [0.29, 0.717) is 5.92 Å². The molecule has 0 atom stereocenters. The zero-order valence-electron chi connectivity index (χ0n) is 19.9. The number of nitrogens with zero attached hydrogens (tertiary/aromatic N) is 4. The lowest BCUT2D eigenvalue weighted by atomic mass is 9.96. The molecule has 1 aliphatic rings. The van der Waals surface area contributed by atoms with Crippen LogP contribution in [-0.4, -0.2) is 61.0 Å².